The van der Waals surface area contributed by atoms with Crippen LogP contribution in [0.25, 0.3) is 0 Å². The second-order valence-corrected chi connectivity index (χ2v) is 4.02. The van der Waals surface area contributed by atoms with E-state index in [2.05, 4.69) is 13.0 Å². The zero-order chi connectivity index (χ0) is 8.60. The number of ketones is 1. The van der Waals surface area contributed by atoms with E-state index < -0.39 is 0 Å². The summed E-state index contributed by atoms with van der Waals surface area (Å²) in [6.45, 7) is 3.69. The molecule has 0 unspecified atom stereocenters. The average molecular weight is 166 g/mol. The van der Waals surface area contributed by atoms with Gasteiger partial charge in [-0.05, 0) is 6.42 Å². The van der Waals surface area contributed by atoms with E-state index in [1.807, 2.05) is 0 Å². The summed E-state index contributed by atoms with van der Waals surface area (Å²) in [7, 11) is 0. The Labute approximate surface area is 72.6 Å². The topological polar surface area (TPSA) is 26.3 Å². The van der Waals surface area contributed by atoms with Crippen LogP contribution in [-0.2, 0) is 9.53 Å². The molecule has 1 atom stereocenters. The molecule has 0 amide bonds. The maximum atomic E-state index is 11.2. The van der Waals surface area contributed by atoms with Gasteiger partial charge in [-0.1, -0.05) is 18.6 Å². The monoisotopic (exact) mass is 166 g/mol. The highest BCUT2D eigenvalue weighted by Gasteiger charge is 2.36. The number of hydrogen-bond donors (Lipinski definition) is 0. The summed E-state index contributed by atoms with van der Waals surface area (Å²) in [5.74, 6) is 0.389. The number of rotatable bonds is 0. The summed E-state index contributed by atoms with van der Waals surface area (Å²) >= 11 is 0. The van der Waals surface area contributed by atoms with Crippen LogP contribution < -0.4 is 0 Å². The van der Waals surface area contributed by atoms with Gasteiger partial charge < -0.3 is 4.74 Å². The molecule has 2 aliphatic rings. The van der Waals surface area contributed by atoms with Crippen molar-refractivity contribution in [3.05, 3.63) is 11.6 Å². The van der Waals surface area contributed by atoms with Gasteiger partial charge in [-0.15, -0.1) is 0 Å². The van der Waals surface area contributed by atoms with Gasteiger partial charge in [-0.3, -0.25) is 4.79 Å². The van der Waals surface area contributed by atoms with Gasteiger partial charge in [0, 0.05) is 18.3 Å². The van der Waals surface area contributed by atoms with Gasteiger partial charge in [-0.25, -0.2) is 0 Å². The number of ether oxygens (including phenoxy) is 1. The molecule has 0 N–H and O–H groups in total. The minimum Gasteiger partial charge on any atom is -0.376 e. The minimum absolute atomic E-state index is 0.173. The highest BCUT2D eigenvalue weighted by atomic mass is 16.5. The van der Waals surface area contributed by atoms with E-state index in [4.69, 9.17) is 4.74 Å². The van der Waals surface area contributed by atoms with E-state index in [1.165, 1.54) is 5.57 Å². The van der Waals surface area contributed by atoms with Gasteiger partial charge in [0.15, 0.2) is 0 Å². The van der Waals surface area contributed by atoms with Gasteiger partial charge in [-0.2, -0.15) is 0 Å². The lowest BCUT2D eigenvalue weighted by Gasteiger charge is -2.38. The van der Waals surface area contributed by atoms with Crippen LogP contribution in [0.1, 0.15) is 26.2 Å². The molecule has 0 spiro atoms. The predicted molar refractivity (Wildman–Crippen MR) is 45.9 cm³/mol. The number of Topliss-reactive ketones (excluding diaryl/α,β-unsaturated/α-hetero) is 1. The molecular formula is C10H14O2. The highest BCUT2D eigenvalue weighted by molar-refractivity contribution is 5.82. The third-order valence-electron chi connectivity index (χ3n) is 2.99. The summed E-state index contributed by atoms with van der Waals surface area (Å²) in [5.41, 5.74) is 1.48. The van der Waals surface area contributed by atoms with Crippen molar-refractivity contribution in [3.8, 4) is 0 Å². The molecule has 1 heterocycles. The Morgan fingerprint density at radius 2 is 2.42 bits per heavy atom. The lowest BCUT2D eigenvalue weighted by molar-refractivity contribution is -0.121. The van der Waals surface area contributed by atoms with Crippen molar-refractivity contribution < 1.29 is 9.53 Å². The summed E-state index contributed by atoms with van der Waals surface area (Å²) in [5, 5.41) is 0. The Morgan fingerprint density at radius 1 is 1.58 bits per heavy atom. The lowest BCUT2D eigenvalue weighted by atomic mass is 9.71. The van der Waals surface area contributed by atoms with Crippen molar-refractivity contribution in [1.29, 1.82) is 0 Å². The largest absolute Gasteiger partial charge is 0.376 e. The smallest absolute Gasteiger partial charge is 0.136 e. The van der Waals surface area contributed by atoms with Crippen LogP contribution in [0.4, 0.5) is 0 Å². The molecule has 12 heavy (non-hydrogen) atoms. The molecule has 1 aliphatic carbocycles. The number of fused-ring (bicyclic) bond motifs is 1. The second kappa shape index (κ2) is 2.70. The van der Waals surface area contributed by atoms with Crippen LogP contribution in [0.2, 0.25) is 0 Å². The Balaban J connectivity index is 2.25. The van der Waals surface area contributed by atoms with Gasteiger partial charge in [0.2, 0.25) is 0 Å². The number of carbonyl (C=O) groups is 1. The maximum absolute atomic E-state index is 11.2. The Kier molecular flexibility index (Phi) is 1.80. The molecule has 2 nitrogen and oxygen atoms in total. The van der Waals surface area contributed by atoms with Crippen molar-refractivity contribution in [2.75, 3.05) is 13.2 Å². The fourth-order valence-corrected chi connectivity index (χ4v) is 2.02. The maximum Gasteiger partial charge on any atom is 0.136 e. The molecule has 2 heteroatoms. The zero-order valence-electron chi connectivity index (χ0n) is 7.43. The Hall–Kier alpha value is -0.630. The molecule has 0 aromatic carbocycles. The predicted octanol–water partition coefficient (Wildman–Crippen LogP) is 1.70. The molecule has 1 saturated carbocycles. The van der Waals surface area contributed by atoms with Crippen molar-refractivity contribution in [1.82, 2.24) is 0 Å². The first kappa shape index (κ1) is 7.99. The van der Waals surface area contributed by atoms with Crippen molar-refractivity contribution in [3.63, 3.8) is 0 Å². The molecule has 1 aliphatic heterocycles. The molecule has 66 valence electrons. The number of hydrogen-bond acceptors (Lipinski definition) is 2. The molecule has 2 rings (SSSR count). The fourth-order valence-electron chi connectivity index (χ4n) is 2.02. The first-order valence-corrected chi connectivity index (χ1v) is 4.50. The molecule has 0 saturated heterocycles. The average Bonchev–Trinajstić information content (AvgIpc) is 2.06. The van der Waals surface area contributed by atoms with Gasteiger partial charge in [0.25, 0.3) is 0 Å². The first-order chi connectivity index (χ1) is 5.71. The lowest BCUT2D eigenvalue weighted by Crippen LogP contribution is -2.34. The minimum atomic E-state index is 0.173. The molecule has 0 aromatic rings. The summed E-state index contributed by atoms with van der Waals surface area (Å²) in [4.78, 5) is 11.2. The fraction of sp³-hybridized carbons (Fsp3) is 0.700. The Morgan fingerprint density at radius 3 is 3.25 bits per heavy atom. The van der Waals surface area contributed by atoms with Gasteiger partial charge >= 0.3 is 0 Å². The quantitative estimate of drug-likeness (QED) is 0.512. The van der Waals surface area contributed by atoms with Crippen LogP contribution >= 0.6 is 0 Å². The Bertz CT molecular complexity index is 242. The van der Waals surface area contributed by atoms with Gasteiger partial charge in [0.05, 0.1) is 13.2 Å². The van der Waals surface area contributed by atoms with Crippen LogP contribution in [0, 0.1) is 5.41 Å². The molecular weight excluding hydrogens is 152 g/mol. The van der Waals surface area contributed by atoms with Crippen molar-refractivity contribution in [2.24, 2.45) is 5.41 Å². The van der Waals surface area contributed by atoms with E-state index in [9.17, 15) is 4.79 Å². The molecule has 0 bridgehead atoms. The number of carbonyl (C=O) groups excluding carboxylic acids is 1. The normalized spacial score (nSPS) is 35.8. The second-order valence-electron chi connectivity index (χ2n) is 4.02. The van der Waals surface area contributed by atoms with E-state index in [0.717, 1.165) is 19.4 Å². The summed E-state index contributed by atoms with van der Waals surface area (Å²) < 4.78 is 5.39. The van der Waals surface area contributed by atoms with Crippen LogP contribution in [-0.4, -0.2) is 19.0 Å². The summed E-state index contributed by atoms with van der Waals surface area (Å²) in [6, 6.07) is 0. The van der Waals surface area contributed by atoms with Crippen LogP contribution in [0.3, 0.4) is 0 Å². The SMILES string of the molecule is C[C@]12CCC(=O)CC1=CCOC2. The van der Waals surface area contributed by atoms with Crippen LogP contribution in [0.5, 0.6) is 0 Å². The zero-order valence-corrected chi connectivity index (χ0v) is 7.43. The summed E-state index contributed by atoms with van der Waals surface area (Å²) in [6.07, 6.45) is 4.45. The molecule has 1 fully saturated rings. The third kappa shape index (κ3) is 1.20. The van der Waals surface area contributed by atoms with Gasteiger partial charge in [0.1, 0.15) is 5.78 Å². The third-order valence-corrected chi connectivity index (χ3v) is 2.99. The standard InChI is InChI=1S/C10H14O2/c1-10-4-2-9(11)6-8(10)3-5-12-7-10/h3H,2,4-7H2,1H3/t10-/m1/s1. The van der Waals surface area contributed by atoms with Crippen LogP contribution in [0.15, 0.2) is 11.6 Å². The van der Waals surface area contributed by atoms with Crippen molar-refractivity contribution in [2.45, 2.75) is 26.2 Å². The molecule has 0 radical (unpaired) electrons. The first-order valence-electron chi connectivity index (χ1n) is 4.50. The van der Waals surface area contributed by atoms with E-state index in [0.29, 0.717) is 18.8 Å². The van der Waals surface area contributed by atoms with E-state index in [1.54, 1.807) is 0 Å². The highest BCUT2D eigenvalue weighted by Crippen LogP contribution is 2.40. The van der Waals surface area contributed by atoms with E-state index in [-0.39, 0.29) is 5.41 Å². The molecule has 0 aromatic heterocycles. The van der Waals surface area contributed by atoms with E-state index >= 15 is 0 Å². The van der Waals surface area contributed by atoms with Crippen molar-refractivity contribution >= 4 is 5.78 Å².